The summed E-state index contributed by atoms with van der Waals surface area (Å²) < 4.78 is 1.94. The largest absolute Gasteiger partial charge is 0.310 e. The van der Waals surface area contributed by atoms with Gasteiger partial charge >= 0.3 is 0 Å². The van der Waals surface area contributed by atoms with Gasteiger partial charge in [-0.05, 0) is 66.6 Å². The summed E-state index contributed by atoms with van der Waals surface area (Å²) in [5.74, 6) is 1.53. The predicted octanol–water partition coefficient (Wildman–Crippen LogP) is 9.02. The zero-order chi connectivity index (χ0) is 27.3. The molecule has 5 aromatic carbocycles. The van der Waals surface area contributed by atoms with Gasteiger partial charge in [0.2, 0.25) is 0 Å². The van der Waals surface area contributed by atoms with Crippen LogP contribution in [0.1, 0.15) is 30.5 Å². The standard InChI is InChI=1S/C36H30N4/c1-25-17-19-27(20-18-25)35-37-34(38-40(35)29-11-5-4-6-12-29)26-21-23-28(24-22-26)39-32-15-9-7-13-30(32)36(2,3)31-14-8-10-16-33(31)39/h4-24H,1-3H3. The number of aryl methyl sites for hydroxylation is 1. The highest BCUT2D eigenvalue weighted by molar-refractivity contribution is 5.86. The van der Waals surface area contributed by atoms with Crippen molar-refractivity contribution in [3.63, 3.8) is 0 Å². The van der Waals surface area contributed by atoms with Crippen LogP contribution < -0.4 is 4.90 Å². The number of anilines is 3. The zero-order valence-electron chi connectivity index (χ0n) is 22.9. The first kappa shape index (κ1) is 24.1. The van der Waals surface area contributed by atoms with Gasteiger partial charge in [-0.1, -0.05) is 98.3 Å². The molecule has 0 atom stereocenters. The Kier molecular flexibility index (Phi) is 5.64. The van der Waals surface area contributed by atoms with Gasteiger partial charge in [0.05, 0.1) is 17.1 Å². The van der Waals surface area contributed by atoms with Crippen LogP contribution in [-0.4, -0.2) is 14.8 Å². The minimum absolute atomic E-state index is 0.0792. The molecule has 6 aromatic rings. The van der Waals surface area contributed by atoms with E-state index in [-0.39, 0.29) is 5.41 Å². The van der Waals surface area contributed by atoms with Crippen molar-refractivity contribution in [3.05, 3.63) is 144 Å². The summed E-state index contributed by atoms with van der Waals surface area (Å²) in [6.45, 7) is 6.72. The van der Waals surface area contributed by atoms with E-state index in [4.69, 9.17) is 10.1 Å². The molecule has 0 amide bonds. The summed E-state index contributed by atoms with van der Waals surface area (Å²) in [5.41, 5.74) is 10.3. The van der Waals surface area contributed by atoms with Crippen molar-refractivity contribution in [1.29, 1.82) is 0 Å². The first-order valence-corrected chi connectivity index (χ1v) is 13.7. The van der Waals surface area contributed by atoms with Crippen molar-refractivity contribution < 1.29 is 0 Å². The van der Waals surface area contributed by atoms with Gasteiger partial charge in [-0.3, -0.25) is 0 Å². The first-order chi connectivity index (χ1) is 19.5. The molecule has 0 saturated carbocycles. The van der Waals surface area contributed by atoms with Crippen LogP contribution in [0, 0.1) is 6.92 Å². The van der Waals surface area contributed by atoms with E-state index in [2.05, 4.69) is 135 Å². The van der Waals surface area contributed by atoms with E-state index in [1.165, 1.54) is 28.1 Å². The fourth-order valence-electron chi connectivity index (χ4n) is 5.78. The molecule has 4 heteroatoms. The monoisotopic (exact) mass is 518 g/mol. The molecule has 0 saturated heterocycles. The second-order valence-electron chi connectivity index (χ2n) is 10.9. The highest BCUT2D eigenvalue weighted by atomic mass is 15.4. The third-order valence-electron chi connectivity index (χ3n) is 7.94. The topological polar surface area (TPSA) is 34.0 Å². The minimum atomic E-state index is -0.0792. The van der Waals surface area contributed by atoms with E-state index in [1.807, 2.05) is 22.9 Å². The molecule has 1 aliphatic rings. The summed E-state index contributed by atoms with van der Waals surface area (Å²) in [6.07, 6.45) is 0. The molecule has 0 aliphatic carbocycles. The van der Waals surface area contributed by atoms with Gasteiger partial charge in [0, 0.05) is 22.2 Å². The Morgan fingerprint density at radius 2 is 1.10 bits per heavy atom. The van der Waals surface area contributed by atoms with E-state index in [0.717, 1.165) is 28.3 Å². The molecule has 194 valence electrons. The zero-order valence-corrected chi connectivity index (χ0v) is 22.9. The molecule has 0 unspecified atom stereocenters. The lowest BCUT2D eigenvalue weighted by Gasteiger charge is -2.42. The van der Waals surface area contributed by atoms with Gasteiger partial charge in [0.15, 0.2) is 11.6 Å². The number of benzene rings is 5. The molecular formula is C36H30N4. The molecular weight excluding hydrogens is 488 g/mol. The van der Waals surface area contributed by atoms with Crippen molar-refractivity contribution in [2.24, 2.45) is 0 Å². The highest BCUT2D eigenvalue weighted by Gasteiger charge is 2.36. The Labute approximate surface area is 235 Å². The summed E-state index contributed by atoms with van der Waals surface area (Å²) in [4.78, 5) is 7.40. The van der Waals surface area contributed by atoms with Crippen LogP contribution in [0.25, 0.3) is 28.5 Å². The van der Waals surface area contributed by atoms with Gasteiger partial charge in [-0.25, -0.2) is 9.67 Å². The summed E-state index contributed by atoms with van der Waals surface area (Å²) in [6, 6.07) is 44.7. The molecule has 1 aliphatic heterocycles. The Bertz CT molecular complexity index is 1760. The van der Waals surface area contributed by atoms with Crippen LogP contribution in [0.5, 0.6) is 0 Å². The molecule has 0 radical (unpaired) electrons. The number of para-hydroxylation sites is 3. The fraction of sp³-hybridized carbons (Fsp3) is 0.111. The SMILES string of the molecule is Cc1ccc(-c2nc(-c3ccc(N4c5ccccc5C(C)(C)c5ccccc54)cc3)nn2-c2ccccc2)cc1. The second kappa shape index (κ2) is 9.35. The lowest BCUT2D eigenvalue weighted by atomic mass is 9.73. The quantitative estimate of drug-likeness (QED) is 0.233. The van der Waals surface area contributed by atoms with E-state index in [9.17, 15) is 0 Å². The Balaban J connectivity index is 1.32. The maximum absolute atomic E-state index is 5.03. The smallest absolute Gasteiger partial charge is 0.182 e. The minimum Gasteiger partial charge on any atom is -0.310 e. The van der Waals surface area contributed by atoms with Crippen molar-refractivity contribution in [1.82, 2.24) is 14.8 Å². The van der Waals surface area contributed by atoms with Crippen molar-refractivity contribution in [2.45, 2.75) is 26.2 Å². The normalized spacial score (nSPS) is 13.5. The number of rotatable bonds is 4. The molecule has 0 N–H and O–H groups in total. The van der Waals surface area contributed by atoms with E-state index < -0.39 is 0 Å². The molecule has 40 heavy (non-hydrogen) atoms. The van der Waals surface area contributed by atoms with Gasteiger partial charge in [0.1, 0.15) is 0 Å². The molecule has 0 spiro atoms. The van der Waals surface area contributed by atoms with Gasteiger partial charge in [-0.15, -0.1) is 5.10 Å². The third kappa shape index (κ3) is 3.92. The lowest BCUT2D eigenvalue weighted by molar-refractivity contribution is 0.632. The van der Waals surface area contributed by atoms with E-state index in [0.29, 0.717) is 5.82 Å². The molecule has 0 fully saturated rings. The van der Waals surface area contributed by atoms with Crippen LogP contribution in [0.4, 0.5) is 17.1 Å². The van der Waals surface area contributed by atoms with Gasteiger partial charge < -0.3 is 4.90 Å². The predicted molar refractivity (Wildman–Crippen MR) is 164 cm³/mol. The van der Waals surface area contributed by atoms with E-state index in [1.54, 1.807) is 0 Å². The van der Waals surface area contributed by atoms with Gasteiger partial charge in [0.25, 0.3) is 0 Å². The molecule has 7 rings (SSSR count). The maximum Gasteiger partial charge on any atom is 0.182 e. The van der Waals surface area contributed by atoms with Crippen LogP contribution in [0.2, 0.25) is 0 Å². The third-order valence-corrected chi connectivity index (χ3v) is 7.94. The summed E-state index contributed by atoms with van der Waals surface area (Å²) in [5, 5.41) is 4.97. The summed E-state index contributed by atoms with van der Waals surface area (Å²) >= 11 is 0. The first-order valence-electron chi connectivity index (χ1n) is 13.7. The number of fused-ring (bicyclic) bond motifs is 2. The number of hydrogen-bond acceptors (Lipinski definition) is 3. The molecule has 2 heterocycles. The average molecular weight is 519 g/mol. The number of nitrogens with zero attached hydrogens (tertiary/aromatic N) is 4. The molecule has 0 bridgehead atoms. The Hall–Kier alpha value is -4.96. The maximum atomic E-state index is 5.03. The molecule has 1 aromatic heterocycles. The Morgan fingerprint density at radius 1 is 0.550 bits per heavy atom. The molecule has 4 nitrogen and oxygen atoms in total. The Morgan fingerprint density at radius 3 is 1.73 bits per heavy atom. The van der Waals surface area contributed by atoms with Crippen LogP contribution in [0.15, 0.2) is 127 Å². The fourth-order valence-corrected chi connectivity index (χ4v) is 5.78. The average Bonchev–Trinajstić information content (AvgIpc) is 3.44. The van der Waals surface area contributed by atoms with Crippen molar-refractivity contribution in [2.75, 3.05) is 4.90 Å². The van der Waals surface area contributed by atoms with Gasteiger partial charge in [-0.2, -0.15) is 0 Å². The lowest BCUT2D eigenvalue weighted by Crippen LogP contribution is -2.30. The second-order valence-corrected chi connectivity index (χ2v) is 10.9. The van der Waals surface area contributed by atoms with Crippen LogP contribution in [0.3, 0.4) is 0 Å². The summed E-state index contributed by atoms with van der Waals surface area (Å²) in [7, 11) is 0. The number of hydrogen-bond donors (Lipinski definition) is 0. The highest BCUT2D eigenvalue weighted by Crippen LogP contribution is 2.51. The van der Waals surface area contributed by atoms with Crippen LogP contribution in [-0.2, 0) is 5.41 Å². The van der Waals surface area contributed by atoms with Crippen molar-refractivity contribution in [3.8, 4) is 28.5 Å². The van der Waals surface area contributed by atoms with E-state index >= 15 is 0 Å². The van der Waals surface area contributed by atoms with Crippen molar-refractivity contribution >= 4 is 17.1 Å². The number of aromatic nitrogens is 3. The van der Waals surface area contributed by atoms with Crippen LogP contribution >= 0.6 is 0 Å².